The fourth-order valence-corrected chi connectivity index (χ4v) is 6.08. The number of hydrogen-bond donors (Lipinski definition) is 1. The van der Waals surface area contributed by atoms with E-state index in [1.54, 1.807) is 18.1 Å². The van der Waals surface area contributed by atoms with Crippen molar-refractivity contribution < 1.29 is 14.3 Å². The highest BCUT2D eigenvalue weighted by molar-refractivity contribution is 6.13. The Balaban J connectivity index is 1.18. The van der Waals surface area contributed by atoms with Crippen LogP contribution >= 0.6 is 0 Å². The lowest BCUT2D eigenvalue weighted by Crippen LogP contribution is -2.50. The Kier molecular flexibility index (Phi) is 7.59. The van der Waals surface area contributed by atoms with Gasteiger partial charge in [-0.3, -0.25) is 14.5 Å². The summed E-state index contributed by atoms with van der Waals surface area (Å²) in [7, 11) is 3.64. The van der Waals surface area contributed by atoms with E-state index in [1.165, 1.54) is 0 Å². The summed E-state index contributed by atoms with van der Waals surface area (Å²) in [5.41, 5.74) is 4.62. The van der Waals surface area contributed by atoms with Crippen molar-refractivity contribution in [2.45, 2.75) is 32.2 Å². The highest BCUT2D eigenvalue weighted by Gasteiger charge is 2.30. The van der Waals surface area contributed by atoms with Gasteiger partial charge in [0.05, 0.1) is 30.7 Å². The molecule has 214 valence electrons. The Bertz CT molecular complexity index is 1450. The van der Waals surface area contributed by atoms with Crippen molar-refractivity contribution in [3.05, 3.63) is 65.4 Å². The molecule has 0 aliphatic carbocycles. The summed E-state index contributed by atoms with van der Waals surface area (Å²) in [4.78, 5) is 43.8. The first kappa shape index (κ1) is 27.2. The Morgan fingerprint density at radius 3 is 2.51 bits per heavy atom. The van der Waals surface area contributed by atoms with Gasteiger partial charge < -0.3 is 24.8 Å². The number of nitrogens with one attached hydrogen (secondary N) is 1. The van der Waals surface area contributed by atoms with E-state index in [0.717, 1.165) is 75.6 Å². The summed E-state index contributed by atoms with van der Waals surface area (Å²) < 4.78 is 5.50. The molecular formula is C31H37N7O3. The summed E-state index contributed by atoms with van der Waals surface area (Å²) in [5.74, 6) is 1.04. The molecule has 3 aliphatic rings. The number of carbonyl (C=O) groups excluding carboxylic acids is 2. The average Bonchev–Trinajstić information content (AvgIpc) is 3.11. The molecule has 2 saturated heterocycles. The van der Waals surface area contributed by atoms with Crippen LogP contribution < -0.4 is 15.1 Å². The number of morpholine rings is 1. The SMILES string of the molecule is CCc1cc(C(=O)N2CCC(N3CCOCC3)CC2)ccc1Nc1ncc2c(n1)N(C)c1ccccc1C(=O)N2C. The summed E-state index contributed by atoms with van der Waals surface area (Å²) in [6, 6.07) is 13.9. The van der Waals surface area contributed by atoms with Crippen LogP contribution in [0.1, 0.15) is 46.0 Å². The number of ether oxygens (including phenoxy) is 1. The van der Waals surface area contributed by atoms with Crippen LogP contribution in [0.5, 0.6) is 0 Å². The van der Waals surface area contributed by atoms with Crippen molar-refractivity contribution in [1.29, 1.82) is 0 Å². The molecule has 4 heterocycles. The van der Waals surface area contributed by atoms with Gasteiger partial charge in [0.15, 0.2) is 5.82 Å². The lowest BCUT2D eigenvalue weighted by Gasteiger charge is -2.40. The predicted octanol–water partition coefficient (Wildman–Crippen LogP) is 4.08. The van der Waals surface area contributed by atoms with Gasteiger partial charge in [-0.1, -0.05) is 19.1 Å². The van der Waals surface area contributed by atoms with Gasteiger partial charge in [0.25, 0.3) is 11.8 Å². The number of rotatable bonds is 5. The molecule has 10 heteroatoms. The molecule has 2 fully saturated rings. The van der Waals surface area contributed by atoms with Crippen LogP contribution in [0.2, 0.25) is 0 Å². The number of amides is 2. The van der Waals surface area contributed by atoms with Gasteiger partial charge in [0.2, 0.25) is 5.95 Å². The molecule has 0 atom stereocenters. The van der Waals surface area contributed by atoms with Crippen molar-refractivity contribution in [2.75, 3.05) is 68.6 Å². The van der Waals surface area contributed by atoms with Crippen LogP contribution in [0.25, 0.3) is 0 Å². The number of hydrogen-bond acceptors (Lipinski definition) is 8. The van der Waals surface area contributed by atoms with E-state index in [2.05, 4.69) is 22.1 Å². The molecule has 3 aliphatic heterocycles. The number of piperidine rings is 1. The lowest BCUT2D eigenvalue weighted by atomic mass is 10.0. The largest absolute Gasteiger partial charge is 0.379 e. The molecule has 0 bridgehead atoms. The van der Waals surface area contributed by atoms with Crippen LogP contribution in [-0.4, -0.2) is 91.1 Å². The predicted molar refractivity (Wildman–Crippen MR) is 160 cm³/mol. The first-order valence-electron chi connectivity index (χ1n) is 14.4. The smallest absolute Gasteiger partial charge is 0.260 e. The van der Waals surface area contributed by atoms with Gasteiger partial charge in [-0.25, -0.2) is 4.98 Å². The molecule has 0 unspecified atom stereocenters. The number of aryl methyl sites for hydroxylation is 1. The molecule has 10 nitrogen and oxygen atoms in total. The second-order valence-electron chi connectivity index (χ2n) is 10.9. The molecule has 2 amide bonds. The minimum Gasteiger partial charge on any atom is -0.379 e. The Labute approximate surface area is 240 Å². The fraction of sp³-hybridized carbons (Fsp3) is 0.419. The van der Waals surface area contributed by atoms with Gasteiger partial charge in [-0.2, -0.15) is 4.98 Å². The zero-order valence-electron chi connectivity index (χ0n) is 24.0. The first-order chi connectivity index (χ1) is 19.9. The maximum Gasteiger partial charge on any atom is 0.260 e. The zero-order chi connectivity index (χ0) is 28.5. The summed E-state index contributed by atoms with van der Waals surface area (Å²) >= 11 is 0. The van der Waals surface area contributed by atoms with Crippen molar-refractivity contribution >= 4 is 40.6 Å². The van der Waals surface area contributed by atoms with Crippen LogP contribution in [0, 0.1) is 0 Å². The number of para-hydroxylation sites is 1. The molecule has 6 rings (SSSR count). The summed E-state index contributed by atoms with van der Waals surface area (Å²) in [6.45, 7) is 7.20. The second kappa shape index (κ2) is 11.5. The average molecular weight is 556 g/mol. The van der Waals surface area contributed by atoms with E-state index >= 15 is 0 Å². The molecule has 2 aromatic carbocycles. The van der Waals surface area contributed by atoms with Crippen LogP contribution in [0.4, 0.5) is 28.8 Å². The molecule has 0 spiro atoms. The van der Waals surface area contributed by atoms with E-state index < -0.39 is 0 Å². The third kappa shape index (κ3) is 5.25. The minimum atomic E-state index is -0.102. The lowest BCUT2D eigenvalue weighted by molar-refractivity contribution is 0.00159. The number of nitrogens with zero attached hydrogens (tertiary/aromatic N) is 6. The molecule has 41 heavy (non-hydrogen) atoms. The number of benzene rings is 2. The highest BCUT2D eigenvalue weighted by Crippen LogP contribution is 2.38. The van der Waals surface area contributed by atoms with E-state index in [0.29, 0.717) is 34.6 Å². The molecule has 0 radical (unpaired) electrons. The third-order valence-electron chi connectivity index (χ3n) is 8.52. The second-order valence-corrected chi connectivity index (χ2v) is 10.9. The van der Waals surface area contributed by atoms with E-state index in [1.807, 2.05) is 59.3 Å². The molecular weight excluding hydrogens is 518 g/mol. The van der Waals surface area contributed by atoms with Gasteiger partial charge in [0, 0.05) is 57.6 Å². The Morgan fingerprint density at radius 2 is 1.76 bits per heavy atom. The standard InChI is InChI=1S/C31H37N7O3/c1-4-21-19-22(29(39)38-13-11-23(12-14-38)37-15-17-41-18-16-37)9-10-25(21)33-31-32-20-27-28(34-31)35(2)26-8-6-5-7-24(26)30(40)36(27)3/h5-10,19-20,23H,4,11-18H2,1-3H3,(H,32,33,34). The molecule has 0 saturated carbocycles. The summed E-state index contributed by atoms with van der Waals surface area (Å²) in [6.07, 6.45) is 4.43. The first-order valence-corrected chi connectivity index (χ1v) is 14.4. The number of likely N-dealkylation sites (tertiary alicyclic amines) is 1. The van der Waals surface area contributed by atoms with Gasteiger partial charge >= 0.3 is 0 Å². The minimum absolute atomic E-state index is 0.0842. The number of fused-ring (bicyclic) bond motifs is 2. The maximum absolute atomic E-state index is 13.4. The van der Waals surface area contributed by atoms with Crippen molar-refractivity contribution in [2.24, 2.45) is 0 Å². The highest BCUT2D eigenvalue weighted by atomic mass is 16.5. The van der Waals surface area contributed by atoms with Crippen molar-refractivity contribution in [3.8, 4) is 0 Å². The van der Waals surface area contributed by atoms with Crippen molar-refractivity contribution in [1.82, 2.24) is 19.8 Å². The van der Waals surface area contributed by atoms with E-state index in [-0.39, 0.29) is 11.8 Å². The monoisotopic (exact) mass is 555 g/mol. The van der Waals surface area contributed by atoms with Crippen molar-refractivity contribution in [3.63, 3.8) is 0 Å². The van der Waals surface area contributed by atoms with Gasteiger partial charge in [0.1, 0.15) is 5.69 Å². The summed E-state index contributed by atoms with van der Waals surface area (Å²) in [5, 5.41) is 3.36. The van der Waals surface area contributed by atoms with Gasteiger partial charge in [-0.05, 0) is 55.2 Å². The third-order valence-corrected chi connectivity index (χ3v) is 8.52. The van der Waals surface area contributed by atoms with E-state index in [4.69, 9.17) is 9.72 Å². The van der Waals surface area contributed by atoms with Crippen LogP contribution in [0.15, 0.2) is 48.7 Å². The number of aromatic nitrogens is 2. The van der Waals surface area contributed by atoms with E-state index in [9.17, 15) is 9.59 Å². The fourth-order valence-electron chi connectivity index (χ4n) is 6.08. The molecule has 3 aromatic rings. The number of anilines is 5. The zero-order valence-corrected chi connectivity index (χ0v) is 24.0. The maximum atomic E-state index is 13.4. The normalized spacial score (nSPS) is 18.1. The number of carbonyl (C=O) groups is 2. The van der Waals surface area contributed by atoms with Gasteiger partial charge in [-0.15, -0.1) is 0 Å². The van der Waals surface area contributed by atoms with Crippen LogP contribution in [0.3, 0.4) is 0 Å². The van der Waals surface area contributed by atoms with Crippen LogP contribution in [-0.2, 0) is 11.2 Å². The Morgan fingerprint density at radius 1 is 1.00 bits per heavy atom. The molecule has 1 aromatic heterocycles. The molecule has 1 N–H and O–H groups in total. The quantitative estimate of drug-likeness (QED) is 0.504. The Hall–Kier alpha value is -4.02. The topological polar surface area (TPSA) is 94.1 Å².